The van der Waals surface area contributed by atoms with Crippen LogP contribution in [0, 0.1) is 0 Å². The Balaban J connectivity index is 1.44. The number of nitrogens with zero attached hydrogens (tertiary/aromatic N) is 1. The molecule has 0 aromatic heterocycles. The average Bonchev–Trinajstić information content (AvgIpc) is 3.18. The molecular formula is C25H23NO5S. The van der Waals surface area contributed by atoms with Gasteiger partial charge in [-0.2, -0.15) is 0 Å². The summed E-state index contributed by atoms with van der Waals surface area (Å²) in [5, 5.41) is 0. The van der Waals surface area contributed by atoms with Crippen molar-refractivity contribution in [3.63, 3.8) is 0 Å². The number of para-hydroxylation sites is 1. The highest BCUT2D eigenvalue weighted by atomic mass is 32.2. The summed E-state index contributed by atoms with van der Waals surface area (Å²) in [5.41, 5.74) is 1.77. The van der Waals surface area contributed by atoms with E-state index in [0.717, 1.165) is 0 Å². The molecule has 1 fully saturated rings. The Bertz CT molecular complexity index is 1190. The van der Waals surface area contributed by atoms with Crippen molar-refractivity contribution in [1.82, 2.24) is 0 Å². The van der Waals surface area contributed by atoms with E-state index in [1.165, 1.54) is 4.90 Å². The van der Waals surface area contributed by atoms with Gasteiger partial charge in [-0.25, -0.2) is 8.42 Å². The summed E-state index contributed by atoms with van der Waals surface area (Å²) in [6.45, 7) is -0.239. The molecular weight excluding hydrogens is 426 g/mol. The van der Waals surface area contributed by atoms with Crippen molar-refractivity contribution >= 4 is 27.2 Å². The van der Waals surface area contributed by atoms with E-state index < -0.39 is 15.9 Å². The number of hydrogen-bond acceptors (Lipinski definition) is 5. The zero-order valence-electron chi connectivity index (χ0n) is 17.4. The van der Waals surface area contributed by atoms with Crippen LogP contribution in [0.15, 0.2) is 84.9 Å². The molecule has 1 aliphatic heterocycles. The smallest absolute Gasteiger partial charge is 0.265 e. The maximum Gasteiger partial charge on any atom is 0.265 e. The molecule has 6 nitrogen and oxygen atoms in total. The van der Waals surface area contributed by atoms with Crippen LogP contribution in [0.2, 0.25) is 0 Å². The lowest BCUT2D eigenvalue weighted by Crippen LogP contribution is -2.43. The Labute approximate surface area is 187 Å². The second-order valence-corrected chi connectivity index (χ2v) is 9.89. The van der Waals surface area contributed by atoms with Crippen molar-refractivity contribution in [2.45, 2.75) is 12.5 Å². The second kappa shape index (κ2) is 9.36. The first kappa shape index (κ1) is 21.8. The summed E-state index contributed by atoms with van der Waals surface area (Å²) in [6.07, 6.45) is 0.402. The van der Waals surface area contributed by atoms with Crippen molar-refractivity contribution in [3.05, 3.63) is 96.1 Å². The Hall–Kier alpha value is -3.45. The van der Waals surface area contributed by atoms with Crippen LogP contribution < -0.4 is 9.64 Å². The van der Waals surface area contributed by atoms with Crippen LogP contribution in [0.3, 0.4) is 0 Å². The molecule has 0 bridgehead atoms. The van der Waals surface area contributed by atoms with Crippen LogP contribution in [0.25, 0.3) is 0 Å². The molecule has 7 heteroatoms. The number of rotatable bonds is 7. The number of sulfone groups is 1. The monoisotopic (exact) mass is 449 g/mol. The summed E-state index contributed by atoms with van der Waals surface area (Å²) in [4.78, 5) is 27.1. The van der Waals surface area contributed by atoms with Crippen LogP contribution in [-0.4, -0.2) is 44.3 Å². The van der Waals surface area contributed by atoms with Crippen molar-refractivity contribution in [2.75, 3.05) is 23.0 Å². The fourth-order valence-electron chi connectivity index (χ4n) is 3.80. The molecule has 164 valence electrons. The number of ketones is 1. The van der Waals surface area contributed by atoms with Crippen LogP contribution >= 0.6 is 0 Å². The number of benzene rings is 3. The van der Waals surface area contributed by atoms with Gasteiger partial charge in [0.05, 0.1) is 17.5 Å². The molecule has 1 saturated heterocycles. The van der Waals surface area contributed by atoms with Crippen LogP contribution in [0.4, 0.5) is 5.69 Å². The minimum absolute atomic E-state index is 0.0517. The van der Waals surface area contributed by atoms with Crippen molar-refractivity contribution in [1.29, 1.82) is 0 Å². The van der Waals surface area contributed by atoms with Gasteiger partial charge < -0.3 is 9.64 Å². The highest BCUT2D eigenvalue weighted by molar-refractivity contribution is 7.91. The van der Waals surface area contributed by atoms with Gasteiger partial charge in [0.15, 0.2) is 22.2 Å². The topological polar surface area (TPSA) is 80.8 Å². The summed E-state index contributed by atoms with van der Waals surface area (Å²) in [7, 11) is -3.15. The van der Waals surface area contributed by atoms with Crippen LogP contribution in [0.1, 0.15) is 22.3 Å². The summed E-state index contributed by atoms with van der Waals surface area (Å²) in [5.74, 6) is 0.0689. The summed E-state index contributed by atoms with van der Waals surface area (Å²) >= 11 is 0. The molecule has 0 radical (unpaired) electrons. The fraction of sp³-hybridized carbons (Fsp3) is 0.200. The van der Waals surface area contributed by atoms with Gasteiger partial charge in [-0.1, -0.05) is 48.5 Å². The van der Waals surface area contributed by atoms with Gasteiger partial charge in [0, 0.05) is 16.8 Å². The quantitative estimate of drug-likeness (QED) is 0.516. The molecule has 1 atom stereocenters. The molecule has 0 saturated carbocycles. The number of carbonyl (C=O) groups excluding carboxylic acids is 2. The van der Waals surface area contributed by atoms with E-state index in [0.29, 0.717) is 29.0 Å². The zero-order valence-corrected chi connectivity index (χ0v) is 18.2. The van der Waals surface area contributed by atoms with Gasteiger partial charge in [0.25, 0.3) is 5.91 Å². The van der Waals surface area contributed by atoms with Gasteiger partial charge in [-0.3, -0.25) is 9.59 Å². The molecule has 1 aliphatic rings. The Morgan fingerprint density at radius 1 is 0.844 bits per heavy atom. The lowest BCUT2D eigenvalue weighted by atomic mass is 10.0. The Kier molecular flexibility index (Phi) is 6.37. The minimum Gasteiger partial charge on any atom is -0.484 e. The lowest BCUT2D eigenvalue weighted by molar-refractivity contribution is -0.121. The number of amides is 1. The SMILES string of the molecule is O=C(c1ccccc1)c1ccc(OCC(=O)N(c2ccccc2)C2CCS(=O)(=O)C2)cc1. The first-order chi connectivity index (χ1) is 15.4. The van der Waals surface area contributed by atoms with Crippen LogP contribution in [-0.2, 0) is 14.6 Å². The maximum atomic E-state index is 13.0. The summed E-state index contributed by atoms with van der Waals surface area (Å²) < 4.78 is 29.6. The first-order valence-electron chi connectivity index (χ1n) is 10.3. The molecule has 1 amide bonds. The molecule has 0 spiro atoms. The van der Waals surface area contributed by atoms with Crippen molar-refractivity contribution < 1.29 is 22.7 Å². The Morgan fingerprint density at radius 2 is 1.44 bits per heavy atom. The number of hydrogen-bond donors (Lipinski definition) is 0. The number of anilines is 1. The maximum absolute atomic E-state index is 13.0. The highest BCUT2D eigenvalue weighted by Gasteiger charge is 2.35. The van der Waals surface area contributed by atoms with Gasteiger partial charge in [0.2, 0.25) is 0 Å². The lowest BCUT2D eigenvalue weighted by Gasteiger charge is -2.28. The molecule has 3 aromatic rings. The highest BCUT2D eigenvalue weighted by Crippen LogP contribution is 2.25. The minimum atomic E-state index is -3.15. The molecule has 4 rings (SSSR count). The van der Waals surface area contributed by atoms with E-state index in [4.69, 9.17) is 4.74 Å². The molecule has 3 aromatic carbocycles. The standard InChI is InChI=1S/C25H23NO5S/c27-24(26(21-9-5-2-6-10-21)22-15-16-32(29,30)18-22)17-31-23-13-11-20(12-14-23)25(28)19-7-3-1-4-8-19/h1-14,22H,15-18H2. The predicted octanol–water partition coefficient (Wildman–Crippen LogP) is 3.52. The number of ether oxygens (including phenoxy) is 1. The third-order valence-electron chi connectivity index (χ3n) is 5.39. The fourth-order valence-corrected chi connectivity index (χ4v) is 5.50. The molecule has 1 unspecified atom stereocenters. The number of carbonyl (C=O) groups is 2. The second-order valence-electron chi connectivity index (χ2n) is 7.66. The van der Waals surface area contributed by atoms with Crippen molar-refractivity contribution in [2.24, 2.45) is 0 Å². The van der Waals surface area contributed by atoms with Gasteiger partial charge >= 0.3 is 0 Å². The van der Waals surface area contributed by atoms with E-state index >= 15 is 0 Å². The van der Waals surface area contributed by atoms with Gasteiger partial charge in [0.1, 0.15) is 5.75 Å². The third kappa shape index (κ3) is 5.06. The van der Waals surface area contributed by atoms with E-state index in [2.05, 4.69) is 0 Å². The molecule has 0 aliphatic carbocycles. The zero-order chi connectivity index (χ0) is 22.6. The molecule has 32 heavy (non-hydrogen) atoms. The third-order valence-corrected chi connectivity index (χ3v) is 7.14. The molecule has 0 N–H and O–H groups in total. The largest absolute Gasteiger partial charge is 0.484 e. The van der Waals surface area contributed by atoms with E-state index in [9.17, 15) is 18.0 Å². The van der Waals surface area contributed by atoms with Gasteiger partial charge in [-0.15, -0.1) is 0 Å². The first-order valence-corrected chi connectivity index (χ1v) is 12.2. The average molecular weight is 450 g/mol. The van der Waals surface area contributed by atoms with Crippen LogP contribution in [0.5, 0.6) is 5.75 Å². The van der Waals surface area contributed by atoms with Gasteiger partial charge in [-0.05, 0) is 42.8 Å². The predicted molar refractivity (Wildman–Crippen MR) is 123 cm³/mol. The Morgan fingerprint density at radius 3 is 2.03 bits per heavy atom. The summed E-state index contributed by atoms with van der Waals surface area (Å²) in [6, 6.07) is 24.2. The molecule has 1 heterocycles. The van der Waals surface area contributed by atoms with E-state index in [1.54, 1.807) is 48.5 Å². The normalized spacial score (nSPS) is 16.9. The van der Waals surface area contributed by atoms with E-state index in [-0.39, 0.29) is 29.8 Å². The van der Waals surface area contributed by atoms with Crippen molar-refractivity contribution in [3.8, 4) is 5.75 Å². The van der Waals surface area contributed by atoms with E-state index in [1.807, 2.05) is 36.4 Å².